The van der Waals surface area contributed by atoms with E-state index in [-0.39, 0.29) is 17.5 Å². The van der Waals surface area contributed by atoms with Gasteiger partial charge in [0.15, 0.2) is 0 Å². The van der Waals surface area contributed by atoms with Crippen molar-refractivity contribution in [2.75, 3.05) is 6.54 Å². The number of rotatable bonds is 4. The quantitative estimate of drug-likeness (QED) is 0.733. The fraction of sp³-hybridized carbons (Fsp3) is 0.350. The zero-order valence-corrected chi connectivity index (χ0v) is 14.8. The summed E-state index contributed by atoms with van der Waals surface area (Å²) in [5, 5.41) is 2.51. The van der Waals surface area contributed by atoms with E-state index in [1.807, 2.05) is 13.8 Å². The lowest BCUT2D eigenvalue weighted by Crippen LogP contribution is -2.36. The Labute approximate surface area is 153 Å². The molecule has 2 nitrogen and oxygen atoms in total. The fourth-order valence-corrected chi connectivity index (χ4v) is 3.70. The zero-order valence-electron chi connectivity index (χ0n) is 14.8. The smallest absolute Gasteiger partial charge is 0.351 e. The summed E-state index contributed by atoms with van der Waals surface area (Å²) in [5.74, 6) is -2.33. The summed E-state index contributed by atoms with van der Waals surface area (Å²) in [6.07, 6.45) is -4.14. The van der Waals surface area contributed by atoms with Gasteiger partial charge in [0, 0.05) is 18.0 Å². The number of nitrogens with one attached hydrogen (secondary N) is 1. The standard InChI is InChI=1S/C20H18F5NO/c1-18(2)10-19(18,15-8-7-12(21)9-16(15)22)11-26-17(27)13-5-3-4-6-14(13)20(23,24)25/h3-9H,10-11H2,1-2H3,(H,26,27). The third-order valence-corrected chi connectivity index (χ3v) is 5.39. The van der Waals surface area contributed by atoms with Gasteiger partial charge in [0.1, 0.15) is 11.6 Å². The summed E-state index contributed by atoms with van der Waals surface area (Å²) in [5.41, 5.74) is -2.45. The monoisotopic (exact) mass is 383 g/mol. The lowest BCUT2D eigenvalue weighted by atomic mass is 9.87. The lowest BCUT2D eigenvalue weighted by molar-refractivity contribution is -0.137. The summed E-state index contributed by atoms with van der Waals surface area (Å²) in [6, 6.07) is 7.73. The Bertz CT molecular complexity index is 890. The number of carbonyl (C=O) groups excluding carboxylic acids is 1. The van der Waals surface area contributed by atoms with Gasteiger partial charge in [0.25, 0.3) is 5.91 Å². The predicted octanol–water partition coefficient (Wildman–Crippen LogP) is 5.08. The van der Waals surface area contributed by atoms with Crippen LogP contribution in [0.15, 0.2) is 42.5 Å². The van der Waals surface area contributed by atoms with Crippen molar-refractivity contribution in [3.8, 4) is 0 Å². The van der Waals surface area contributed by atoms with Gasteiger partial charge in [-0.3, -0.25) is 4.79 Å². The molecule has 0 bridgehead atoms. The second kappa shape index (κ2) is 6.32. The summed E-state index contributed by atoms with van der Waals surface area (Å²) in [6.45, 7) is 3.69. The minimum atomic E-state index is -4.66. The molecule has 144 valence electrons. The molecule has 1 aliphatic rings. The van der Waals surface area contributed by atoms with Crippen molar-refractivity contribution < 1.29 is 26.7 Å². The summed E-state index contributed by atoms with van der Waals surface area (Å²) in [4.78, 5) is 12.4. The molecule has 1 amide bonds. The Hall–Kier alpha value is -2.44. The largest absolute Gasteiger partial charge is 0.417 e. The summed E-state index contributed by atoms with van der Waals surface area (Å²) in [7, 11) is 0. The van der Waals surface area contributed by atoms with Crippen LogP contribution in [0.5, 0.6) is 0 Å². The van der Waals surface area contributed by atoms with E-state index >= 15 is 0 Å². The highest BCUT2D eigenvalue weighted by molar-refractivity contribution is 5.96. The molecule has 0 spiro atoms. The van der Waals surface area contributed by atoms with Crippen LogP contribution in [0.2, 0.25) is 0 Å². The summed E-state index contributed by atoms with van der Waals surface area (Å²) < 4.78 is 66.8. The van der Waals surface area contributed by atoms with Crippen molar-refractivity contribution in [1.82, 2.24) is 5.32 Å². The molecule has 27 heavy (non-hydrogen) atoms. The Kier molecular flexibility index (Phi) is 4.52. The van der Waals surface area contributed by atoms with Gasteiger partial charge in [0.05, 0.1) is 11.1 Å². The van der Waals surface area contributed by atoms with Crippen LogP contribution in [0.4, 0.5) is 22.0 Å². The first kappa shape index (κ1) is 19.3. The highest BCUT2D eigenvalue weighted by atomic mass is 19.4. The minimum absolute atomic E-state index is 0.0480. The molecule has 1 fully saturated rings. The van der Waals surface area contributed by atoms with Crippen LogP contribution >= 0.6 is 0 Å². The molecule has 2 aromatic rings. The molecule has 2 aromatic carbocycles. The normalized spacial score (nSPS) is 21.0. The van der Waals surface area contributed by atoms with Crippen molar-refractivity contribution in [3.63, 3.8) is 0 Å². The highest BCUT2D eigenvalue weighted by Crippen LogP contribution is 2.64. The van der Waals surface area contributed by atoms with Gasteiger partial charge in [-0.15, -0.1) is 0 Å². The maximum absolute atomic E-state index is 14.3. The van der Waals surface area contributed by atoms with E-state index in [0.29, 0.717) is 6.42 Å². The first-order chi connectivity index (χ1) is 12.5. The van der Waals surface area contributed by atoms with Crippen LogP contribution in [0, 0.1) is 17.0 Å². The van der Waals surface area contributed by atoms with Gasteiger partial charge in [-0.05, 0) is 35.6 Å². The minimum Gasteiger partial charge on any atom is -0.351 e. The molecule has 0 aliphatic heterocycles. The van der Waals surface area contributed by atoms with Crippen molar-refractivity contribution >= 4 is 5.91 Å². The number of halogens is 5. The first-order valence-corrected chi connectivity index (χ1v) is 8.38. The molecule has 1 N–H and O–H groups in total. The Balaban J connectivity index is 1.86. The third-order valence-electron chi connectivity index (χ3n) is 5.39. The van der Waals surface area contributed by atoms with E-state index in [2.05, 4.69) is 5.32 Å². The number of alkyl halides is 3. The molecule has 1 saturated carbocycles. The highest BCUT2D eigenvalue weighted by Gasteiger charge is 2.62. The lowest BCUT2D eigenvalue weighted by Gasteiger charge is -2.23. The number of hydrogen-bond acceptors (Lipinski definition) is 1. The van der Waals surface area contributed by atoms with Gasteiger partial charge in [-0.25, -0.2) is 8.78 Å². The molecular formula is C20H18F5NO. The van der Waals surface area contributed by atoms with E-state index in [9.17, 15) is 26.7 Å². The Morgan fingerprint density at radius 2 is 1.74 bits per heavy atom. The van der Waals surface area contributed by atoms with Crippen molar-refractivity contribution in [2.45, 2.75) is 31.9 Å². The van der Waals surface area contributed by atoms with Crippen LogP contribution in [0.1, 0.15) is 41.8 Å². The number of benzene rings is 2. The third kappa shape index (κ3) is 3.42. The van der Waals surface area contributed by atoms with E-state index in [0.717, 1.165) is 24.3 Å². The topological polar surface area (TPSA) is 29.1 Å². The van der Waals surface area contributed by atoms with E-state index in [1.165, 1.54) is 18.2 Å². The molecule has 1 unspecified atom stereocenters. The Morgan fingerprint density at radius 3 is 2.30 bits per heavy atom. The molecule has 0 saturated heterocycles. The van der Waals surface area contributed by atoms with Crippen molar-refractivity contribution in [2.24, 2.45) is 5.41 Å². The van der Waals surface area contributed by atoms with Crippen LogP contribution in [-0.2, 0) is 11.6 Å². The van der Waals surface area contributed by atoms with Gasteiger partial charge in [-0.2, -0.15) is 13.2 Å². The number of carbonyl (C=O) groups is 1. The van der Waals surface area contributed by atoms with Crippen molar-refractivity contribution in [1.29, 1.82) is 0 Å². The maximum atomic E-state index is 14.3. The molecule has 1 aliphatic carbocycles. The fourth-order valence-electron chi connectivity index (χ4n) is 3.70. The van der Waals surface area contributed by atoms with Crippen LogP contribution in [-0.4, -0.2) is 12.5 Å². The van der Waals surface area contributed by atoms with E-state index in [4.69, 9.17) is 0 Å². The average Bonchev–Trinajstić information content (AvgIpc) is 3.13. The van der Waals surface area contributed by atoms with Gasteiger partial charge < -0.3 is 5.32 Å². The first-order valence-electron chi connectivity index (χ1n) is 8.38. The van der Waals surface area contributed by atoms with Crippen molar-refractivity contribution in [3.05, 3.63) is 70.8 Å². The maximum Gasteiger partial charge on any atom is 0.417 e. The van der Waals surface area contributed by atoms with Gasteiger partial charge in [-0.1, -0.05) is 32.0 Å². The average molecular weight is 383 g/mol. The van der Waals surface area contributed by atoms with E-state index < -0.39 is 40.3 Å². The summed E-state index contributed by atoms with van der Waals surface area (Å²) >= 11 is 0. The number of amides is 1. The zero-order chi connectivity index (χ0) is 20.0. The molecule has 0 aromatic heterocycles. The van der Waals surface area contributed by atoms with Crippen LogP contribution in [0.3, 0.4) is 0 Å². The van der Waals surface area contributed by atoms with Crippen LogP contribution in [0.25, 0.3) is 0 Å². The second-order valence-electron chi connectivity index (χ2n) is 7.49. The number of hydrogen-bond donors (Lipinski definition) is 1. The molecular weight excluding hydrogens is 365 g/mol. The van der Waals surface area contributed by atoms with Gasteiger partial charge in [0.2, 0.25) is 0 Å². The second-order valence-corrected chi connectivity index (χ2v) is 7.49. The predicted molar refractivity (Wildman–Crippen MR) is 90.2 cm³/mol. The molecule has 7 heteroatoms. The molecule has 3 rings (SSSR count). The van der Waals surface area contributed by atoms with Crippen LogP contribution < -0.4 is 5.32 Å². The van der Waals surface area contributed by atoms with Gasteiger partial charge >= 0.3 is 6.18 Å². The molecule has 0 radical (unpaired) electrons. The molecule has 0 heterocycles. The SMILES string of the molecule is CC1(C)CC1(CNC(=O)c1ccccc1C(F)(F)F)c1ccc(F)cc1F. The molecule has 1 atom stereocenters. The Morgan fingerprint density at radius 1 is 1.11 bits per heavy atom. The van der Waals surface area contributed by atoms with E-state index in [1.54, 1.807) is 0 Å².